The standard InChI is InChI=1S/C9H6ClF/c1-2-3-7-4-5-8(11)6-9(7)10/h1,4-6H,3H2. The maximum absolute atomic E-state index is 12.5. The smallest absolute Gasteiger partial charge is 0.124 e. The van der Waals surface area contributed by atoms with Crippen LogP contribution in [0.3, 0.4) is 0 Å². The lowest BCUT2D eigenvalue weighted by atomic mass is 10.1. The topological polar surface area (TPSA) is 0 Å². The summed E-state index contributed by atoms with van der Waals surface area (Å²) in [6, 6.07) is 4.20. The molecule has 2 heteroatoms. The van der Waals surface area contributed by atoms with Gasteiger partial charge in [-0.3, -0.25) is 0 Å². The fourth-order valence-electron chi connectivity index (χ4n) is 0.775. The molecule has 0 atom stereocenters. The zero-order valence-electron chi connectivity index (χ0n) is 5.77. The Hall–Kier alpha value is -1.00. The summed E-state index contributed by atoms with van der Waals surface area (Å²) in [5.74, 6) is 2.10. The zero-order valence-corrected chi connectivity index (χ0v) is 6.53. The van der Waals surface area contributed by atoms with Gasteiger partial charge in [0.1, 0.15) is 5.82 Å². The van der Waals surface area contributed by atoms with Crippen molar-refractivity contribution < 1.29 is 4.39 Å². The molecule has 0 unspecified atom stereocenters. The van der Waals surface area contributed by atoms with Crippen molar-refractivity contribution in [3.63, 3.8) is 0 Å². The number of hydrogen-bond acceptors (Lipinski definition) is 0. The third-order valence-corrected chi connectivity index (χ3v) is 1.66. The lowest BCUT2D eigenvalue weighted by molar-refractivity contribution is 0.627. The van der Waals surface area contributed by atoms with Crippen molar-refractivity contribution in [1.29, 1.82) is 0 Å². The van der Waals surface area contributed by atoms with E-state index in [9.17, 15) is 4.39 Å². The monoisotopic (exact) mass is 168 g/mol. The van der Waals surface area contributed by atoms with Crippen molar-refractivity contribution >= 4 is 11.6 Å². The molecular formula is C9H6ClF. The highest BCUT2D eigenvalue weighted by Crippen LogP contribution is 2.16. The van der Waals surface area contributed by atoms with E-state index in [0.717, 1.165) is 5.56 Å². The van der Waals surface area contributed by atoms with Crippen LogP contribution in [0.4, 0.5) is 4.39 Å². The third-order valence-electron chi connectivity index (χ3n) is 1.31. The number of halogens is 2. The molecule has 0 nitrogen and oxygen atoms in total. The Kier molecular flexibility index (Phi) is 2.51. The first-order chi connectivity index (χ1) is 5.24. The van der Waals surface area contributed by atoms with Crippen LogP contribution in [0.15, 0.2) is 18.2 Å². The summed E-state index contributed by atoms with van der Waals surface area (Å²) in [4.78, 5) is 0. The average molecular weight is 169 g/mol. The number of rotatable bonds is 1. The average Bonchev–Trinajstić information content (AvgIpc) is 1.95. The minimum atomic E-state index is -0.337. The third kappa shape index (κ3) is 1.96. The van der Waals surface area contributed by atoms with E-state index in [-0.39, 0.29) is 5.82 Å². The Morgan fingerprint density at radius 3 is 2.82 bits per heavy atom. The Labute approximate surface area is 70.0 Å². The molecule has 0 aliphatic heterocycles. The second-order valence-corrected chi connectivity index (χ2v) is 2.52. The molecule has 11 heavy (non-hydrogen) atoms. The van der Waals surface area contributed by atoms with Crippen LogP contribution in [0.2, 0.25) is 5.02 Å². The Balaban J connectivity index is 3.01. The normalized spacial score (nSPS) is 9.18. The molecule has 0 aromatic heterocycles. The van der Waals surface area contributed by atoms with Gasteiger partial charge >= 0.3 is 0 Å². The van der Waals surface area contributed by atoms with Gasteiger partial charge in [0.25, 0.3) is 0 Å². The Bertz CT molecular complexity index is 299. The first kappa shape index (κ1) is 8.10. The molecular weight excluding hydrogens is 163 g/mol. The summed E-state index contributed by atoms with van der Waals surface area (Å²) < 4.78 is 12.5. The van der Waals surface area contributed by atoms with Crippen LogP contribution in [0.5, 0.6) is 0 Å². The number of hydrogen-bond donors (Lipinski definition) is 0. The van der Waals surface area contributed by atoms with Crippen molar-refractivity contribution in [1.82, 2.24) is 0 Å². The fraction of sp³-hybridized carbons (Fsp3) is 0.111. The quantitative estimate of drug-likeness (QED) is 0.566. The van der Waals surface area contributed by atoms with Gasteiger partial charge in [0.2, 0.25) is 0 Å². The minimum Gasteiger partial charge on any atom is -0.207 e. The highest BCUT2D eigenvalue weighted by Gasteiger charge is 1.98. The van der Waals surface area contributed by atoms with Crippen LogP contribution in [0.1, 0.15) is 5.56 Å². The predicted molar refractivity (Wildman–Crippen MR) is 43.9 cm³/mol. The van der Waals surface area contributed by atoms with Crippen molar-refractivity contribution in [2.24, 2.45) is 0 Å². The van der Waals surface area contributed by atoms with Gasteiger partial charge in [0.15, 0.2) is 0 Å². The van der Waals surface area contributed by atoms with E-state index in [1.165, 1.54) is 12.1 Å². The van der Waals surface area contributed by atoms with E-state index in [2.05, 4.69) is 5.92 Å². The molecule has 1 aromatic carbocycles. The largest absolute Gasteiger partial charge is 0.207 e. The van der Waals surface area contributed by atoms with Gasteiger partial charge in [-0.2, -0.15) is 0 Å². The Morgan fingerprint density at radius 1 is 1.55 bits per heavy atom. The molecule has 0 heterocycles. The van der Waals surface area contributed by atoms with Gasteiger partial charge in [-0.05, 0) is 17.7 Å². The fourth-order valence-corrected chi connectivity index (χ4v) is 1.01. The number of terminal acetylenes is 1. The van der Waals surface area contributed by atoms with E-state index >= 15 is 0 Å². The molecule has 0 saturated carbocycles. The van der Waals surface area contributed by atoms with Crippen LogP contribution in [-0.2, 0) is 6.42 Å². The van der Waals surface area contributed by atoms with Gasteiger partial charge in [-0.25, -0.2) is 4.39 Å². The van der Waals surface area contributed by atoms with Gasteiger partial charge in [0.05, 0.1) is 0 Å². The molecule has 0 bridgehead atoms. The highest BCUT2D eigenvalue weighted by atomic mass is 35.5. The summed E-state index contributed by atoms with van der Waals surface area (Å²) in [6.45, 7) is 0. The predicted octanol–water partition coefficient (Wildman–Crippen LogP) is 2.65. The minimum absolute atomic E-state index is 0.337. The molecule has 0 fully saturated rings. The molecule has 0 aliphatic rings. The summed E-state index contributed by atoms with van der Waals surface area (Å²) in [5.41, 5.74) is 0.788. The lowest BCUT2D eigenvalue weighted by Gasteiger charge is -1.97. The molecule has 0 radical (unpaired) electrons. The van der Waals surface area contributed by atoms with E-state index in [0.29, 0.717) is 11.4 Å². The Morgan fingerprint density at radius 2 is 2.27 bits per heavy atom. The molecule has 0 saturated heterocycles. The summed E-state index contributed by atoms with van der Waals surface area (Å²) >= 11 is 5.67. The zero-order chi connectivity index (χ0) is 8.27. The second kappa shape index (κ2) is 3.41. The van der Waals surface area contributed by atoms with Crippen molar-refractivity contribution in [3.8, 4) is 12.3 Å². The highest BCUT2D eigenvalue weighted by molar-refractivity contribution is 6.31. The second-order valence-electron chi connectivity index (χ2n) is 2.12. The molecule has 1 aromatic rings. The maximum atomic E-state index is 12.5. The van der Waals surface area contributed by atoms with E-state index < -0.39 is 0 Å². The van der Waals surface area contributed by atoms with Gasteiger partial charge in [-0.15, -0.1) is 12.3 Å². The van der Waals surface area contributed by atoms with Crippen LogP contribution < -0.4 is 0 Å². The molecule has 56 valence electrons. The van der Waals surface area contributed by atoms with E-state index in [1.807, 2.05) is 0 Å². The molecule has 1 rings (SSSR count). The first-order valence-corrected chi connectivity index (χ1v) is 3.49. The first-order valence-electron chi connectivity index (χ1n) is 3.11. The van der Waals surface area contributed by atoms with Crippen molar-refractivity contribution in [2.75, 3.05) is 0 Å². The van der Waals surface area contributed by atoms with Gasteiger partial charge in [-0.1, -0.05) is 17.7 Å². The van der Waals surface area contributed by atoms with Gasteiger partial charge in [0, 0.05) is 11.4 Å². The summed E-state index contributed by atoms with van der Waals surface area (Å²) in [5, 5.41) is 0.392. The molecule has 0 N–H and O–H groups in total. The molecule has 0 aliphatic carbocycles. The summed E-state index contributed by atoms with van der Waals surface area (Å²) in [6.07, 6.45) is 5.51. The van der Waals surface area contributed by atoms with Crippen molar-refractivity contribution in [3.05, 3.63) is 34.6 Å². The number of benzene rings is 1. The van der Waals surface area contributed by atoms with Crippen LogP contribution in [0, 0.1) is 18.2 Å². The van der Waals surface area contributed by atoms with E-state index in [1.54, 1.807) is 6.07 Å². The molecule has 0 amide bonds. The van der Waals surface area contributed by atoms with Crippen LogP contribution in [0.25, 0.3) is 0 Å². The van der Waals surface area contributed by atoms with Gasteiger partial charge < -0.3 is 0 Å². The van der Waals surface area contributed by atoms with Crippen LogP contribution in [-0.4, -0.2) is 0 Å². The van der Waals surface area contributed by atoms with E-state index in [4.69, 9.17) is 18.0 Å². The van der Waals surface area contributed by atoms with Crippen molar-refractivity contribution in [2.45, 2.75) is 6.42 Å². The van der Waals surface area contributed by atoms with Crippen LogP contribution >= 0.6 is 11.6 Å². The molecule has 0 spiro atoms. The SMILES string of the molecule is C#CCc1ccc(F)cc1Cl. The summed E-state index contributed by atoms with van der Waals surface area (Å²) in [7, 11) is 0. The lowest BCUT2D eigenvalue weighted by Crippen LogP contribution is -1.84. The maximum Gasteiger partial charge on any atom is 0.124 e.